The summed E-state index contributed by atoms with van der Waals surface area (Å²) in [7, 11) is 0. The molecule has 2 N–H and O–H groups in total. The van der Waals surface area contributed by atoms with Gasteiger partial charge < -0.3 is 10.2 Å². The van der Waals surface area contributed by atoms with Gasteiger partial charge in [-0.3, -0.25) is 0 Å². The normalized spacial score (nSPS) is 11.1. The zero-order chi connectivity index (χ0) is 7.98. The van der Waals surface area contributed by atoms with Gasteiger partial charge >= 0.3 is 5.97 Å². The molecule has 4 heteroatoms. The highest BCUT2D eigenvalue weighted by Gasteiger charge is 1.98. The van der Waals surface area contributed by atoms with Gasteiger partial charge in [0.2, 0.25) is 0 Å². The lowest BCUT2D eigenvalue weighted by Gasteiger charge is -1.97. The minimum Gasteiger partial charge on any atom is -0.478 e. The molecule has 1 radical (unpaired) electrons. The van der Waals surface area contributed by atoms with E-state index in [9.17, 15) is 4.79 Å². The first-order valence-electron chi connectivity index (χ1n) is 2.66. The van der Waals surface area contributed by atoms with E-state index in [0.29, 0.717) is 0 Å². The highest BCUT2D eigenvalue weighted by Crippen LogP contribution is 2.03. The molecule has 0 atom stereocenters. The van der Waals surface area contributed by atoms with Gasteiger partial charge in [0, 0.05) is 6.08 Å². The predicted molar refractivity (Wildman–Crippen MR) is 37.3 cm³/mol. The fourth-order valence-corrected chi connectivity index (χ4v) is 0.459. The Labute approximate surface area is 63.9 Å². The van der Waals surface area contributed by atoms with Crippen molar-refractivity contribution in [2.75, 3.05) is 5.88 Å². The molecule has 0 bridgehead atoms. The first-order chi connectivity index (χ1) is 4.66. The molecule has 0 saturated heterocycles. The number of aliphatic hydroxyl groups excluding tert-OH is 1. The SMILES string of the molecule is O=C(O)C=CC[C](O)CCl. The summed E-state index contributed by atoms with van der Waals surface area (Å²) < 4.78 is 0. The maximum Gasteiger partial charge on any atom is 0.327 e. The highest BCUT2D eigenvalue weighted by atomic mass is 35.5. The van der Waals surface area contributed by atoms with E-state index in [2.05, 4.69) is 0 Å². The van der Waals surface area contributed by atoms with Crippen molar-refractivity contribution in [3.8, 4) is 0 Å². The van der Waals surface area contributed by atoms with Gasteiger partial charge in [0.25, 0.3) is 0 Å². The van der Waals surface area contributed by atoms with Gasteiger partial charge in [-0.2, -0.15) is 0 Å². The van der Waals surface area contributed by atoms with Crippen molar-refractivity contribution in [1.29, 1.82) is 0 Å². The van der Waals surface area contributed by atoms with Crippen LogP contribution < -0.4 is 0 Å². The fourth-order valence-electron chi connectivity index (χ4n) is 0.350. The molecular weight excluding hydrogens is 156 g/mol. The van der Waals surface area contributed by atoms with Crippen molar-refractivity contribution < 1.29 is 15.0 Å². The van der Waals surface area contributed by atoms with Gasteiger partial charge in [0.05, 0.1) is 5.88 Å². The second kappa shape index (κ2) is 5.26. The number of hydrogen-bond donors (Lipinski definition) is 2. The van der Waals surface area contributed by atoms with E-state index in [4.69, 9.17) is 21.8 Å². The van der Waals surface area contributed by atoms with Crippen LogP contribution in [-0.2, 0) is 4.79 Å². The molecule has 0 aliphatic rings. The number of rotatable bonds is 4. The van der Waals surface area contributed by atoms with Crippen molar-refractivity contribution in [2.24, 2.45) is 0 Å². The first kappa shape index (κ1) is 9.46. The lowest BCUT2D eigenvalue weighted by molar-refractivity contribution is -0.131. The van der Waals surface area contributed by atoms with Crippen LogP contribution in [0.2, 0.25) is 0 Å². The average molecular weight is 164 g/mol. The summed E-state index contributed by atoms with van der Waals surface area (Å²) in [5.41, 5.74) is 0. The van der Waals surface area contributed by atoms with E-state index in [1.54, 1.807) is 0 Å². The Morgan fingerprint density at radius 1 is 1.50 bits per heavy atom. The van der Waals surface area contributed by atoms with E-state index < -0.39 is 5.97 Å². The van der Waals surface area contributed by atoms with Crippen LogP contribution >= 0.6 is 11.6 Å². The molecule has 10 heavy (non-hydrogen) atoms. The Morgan fingerprint density at radius 3 is 2.50 bits per heavy atom. The van der Waals surface area contributed by atoms with Crippen LogP contribution in [0.4, 0.5) is 0 Å². The Kier molecular flexibility index (Phi) is 4.98. The standard InChI is InChI=1S/C6H8ClO3/c7-4-5(8)2-1-3-6(9)10/h1,3,8H,2,4H2,(H,9,10). The summed E-state index contributed by atoms with van der Waals surface area (Å²) in [4.78, 5) is 9.86. The molecule has 0 aromatic heterocycles. The molecule has 0 unspecified atom stereocenters. The molecule has 0 aromatic carbocycles. The Morgan fingerprint density at radius 2 is 2.10 bits per heavy atom. The molecule has 0 aliphatic heterocycles. The number of halogens is 1. The zero-order valence-electron chi connectivity index (χ0n) is 5.25. The molecular formula is C6H8ClO3. The van der Waals surface area contributed by atoms with Crippen molar-refractivity contribution >= 4 is 17.6 Å². The van der Waals surface area contributed by atoms with E-state index in [0.717, 1.165) is 6.08 Å². The number of carboxylic acids is 1. The third kappa shape index (κ3) is 5.59. The maximum absolute atomic E-state index is 9.86. The summed E-state index contributed by atoms with van der Waals surface area (Å²) in [6, 6.07) is 0. The van der Waals surface area contributed by atoms with E-state index in [1.165, 1.54) is 6.08 Å². The summed E-state index contributed by atoms with van der Waals surface area (Å²) in [6.45, 7) is 0. The number of alkyl halides is 1. The summed E-state index contributed by atoms with van der Waals surface area (Å²) in [6.07, 6.45) is 2.57. The van der Waals surface area contributed by atoms with Crippen LogP contribution in [0.15, 0.2) is 12.2 Å². The molecule has 0 saturated carbocycles. The molecule has 3 nitrogen and oxygen atoms in total. The fraction of sp³-hybridized carbons (Fsp3) is 0.333. The number of carboxylic acid groups (broad SMARTS) is 1. The van der Waals surface area contributed by atoms with Gasteiger partial charge in [-0.25, -0.2) is 4.79 Å². The van der Waals surface area contributed by atoms with Crippen LogP contribution in [0.1, 0.15) is 6.42 Å². The largest absolute Gasteiger partial charge is 0.478 e. The molecule has 0 aliphatic carbocycles. The molecule has 0 aromatic rings. The molecule has 57 valence electrons. The summed E-state index contributed by atoms with van der Waals surface area (Å²) in [5.74, 6) is -0.980. The van der Waals surface area contributed by atoms with Crippen molar-refractivity contribution in [1.82, 2.24) is 0 Å². The average Bonchev–Trinajstić information content (AvgIpc) is 1.87. The number of carbonyl (C=O) groups is 1. The first-order valence-corrected chi connectivity index (χ1v) is 3.19. The van der Waals surface area contributed by atoms with Gasteiger partial charge in [0.15, 0.2) is 0 Å². The molecule has 0 amide bonds. The van der Waals surface area contributed by atoms with Crippen molar-refractivity contribution in [3.05, 3.63) is 18.3 Å². The number of hydrogen-bond acceptors (Lipinski definition) is 2. The van der Waals surface area contributed by atoms with Crippen LogP contribution in [0.5, 0.6) is 0 Å². The minimum atomic E-state index is -1.03. The van der Waals surface area contributed by atoms with Gasteiger partial charge in [-0.1, -0.05) is 6.08 Å². The second-order valence-corrected chi connectivity index (χ2v) is 1.91. The predicted octanol–water partition coefficient (Wildman–Crippen LogP) is 1.16. The van der Waals surface area contributed by atoms with E-state index in [1.807, 2.05) is 0 Å². The minimum absolute atomic E-state index is 0.0456. The smallest absolute Gasteiger partial charge is 0.327 e. The van der Waals surface area contributed by atoms with Crippen LogP contribution in [0.3, 0.4) is 0 Å². The van der Waals surface area contributed by atoms with Gasteiger partial charge in [-0.05, 0) is 6.42 Å². The van der Waals surface area contributed by atoms with Crippen LogP contribution in [0.25, 0.3) is 0 Å². The van der Waals surface area contributed by atoms with E-state index >= 15 is 0 Å². The monoisotopic (exact) mass is 163 g/mol. The third-order valence-corrected chi connectivity index (χ3v) is 1.08. The lowest BCUT2D eigenvalue weighted by atomic mass is 10.3. The quantitative estimate of drug-likeness (QED) is 0.483. The summed E-state index contributed by atoms with van der Waals surface area (Å²) >= 11 is 5.20. The van der Waals surface area contributed by atoms with Crippen LogP contribution in [-0.4, -0.2) is 22.1 Å². The van der Waals surface area contributed by atoms with Crippen molar-refractivity contribution in [2.45, 2.75) is 6.42 Å². The Balaban J connectivity index is 3.43. The maximum atomic E-state index is 9.86. The molecule has 0 heterocycles. The van der Waals surface area contributed by atoms with Gasteiger partial charge in [0.1, 0.15) is 6.10 Å². The van der Waals surface area contributed by atoms with Crippen molar-refractivity contribution in [3.63, 3.8) is 0 Å². The Hall–Kier alpha value is -0.540. The van der Waals surface area contributed by atoms with Crippen LogP contribution in [0, 0.1) is 6.10 Å². The lowest BCUT2D eigenvalue weighted by Crippen LogP contribution is -1.95. The molecule has 0 fully saturated rings. The third-order valence-electron chi connectivity index (χ3n) is 0.768. The highest BCUT2D eigenvalue weighted by molar-refractivity contribution is 6.18. The molecule has 0 rings (SSSR count). The zero-order valence-corrected chi connectivity index (χ0v) is 6.01. The summed E-state index contributed by atoms with van der Waals surface area (Å²) in [5, 5.41) is 16.8. The molecule has 0 spiro atoms. The second-order valence-electron chi connectivity index (χ2n) is 1.64. The van der Waals surface area contributed by atoms with Gasteiger partial charge in [-0.15, -0.1) is 11.6 Å². The van der Waals surface area contributed by atoms with E-state index in [-0.39, 0.29) is 18.4 Å². The number of aliphatic carboxylic acids is 1. The number of aliphatic hydroxyl groups is 1. The Bertz CT molecular complexity index is 133. The topological polar surface area (TPSA) is 57.5 Å².